The summed E-state index contributed by atoms with van der Waals surface area (Å²) in [4.78, 5) is 11.2. The van der Waals surface area contributed by atoms with Crippen LogP contribution in [0.2, 0.25) is 10.0 Å². The highest BCUT2D eigenvalue weighted by Crippen LogP contribution is 2.24. The number of rotatable bonds is 6. The van der Waals surface area contributed by atoms with Crippen LogP contribution in [0.5, 0.6) is 5.75 Å². The fraction of sp³-hybridized carbons (Fsp3) is 0.417. The van der Waals surface area contributed by atoms with E-state index < -0.39 is 5.97 Å². The zero-order chi connectivity index (χ0) is 12.7. The van der Waals surface area contributed by atoms with Crippen molar-refractivity contribution in [1.29, 1.82) is 0 Å². The quantitative estimate of drug-likeness (QED) is 0.587. The third-order valence-electron chi connectivity index (χ3n) is 1.95. The van der Waals surface area contributed by atoms with Crippen LogP contribution < -0.4 is 4.74 Å². The molecule has 1 aromatic carbocycles. The Hall–Kier alpha value is -0.930. The van der Waals surface area contributed by atoms with Gasteiger partial charge in [-0.2, -0.15) is 0 Å². The van der Waals surface area contributed by atoms with E-state index in [9.17, 15) is 4.79 Å². The summed E-state index contributed by atoms with van der Waals surface area (Å²) in [6.07, 6.45) is 1.84. The molecule has 17 heavy (non-hydrogen) atoms. The summed E-state index contributed by atoms with van der Waals surface area (Å²) in [5.41, 5.74) is 0. The van der Waals surface area contributed by atoms with Gasteiger partial charge in [0.2, 0.25) is 0 Å². The highest BCUT2D eigenvalue weighted by Gasteiger charge is 2.05. The molecule has 1 aromatic rings. The minimum absolute atomic E-state index is 0.139. The van der Waals surface area contributed by atoms with Crippen LogP contribution in [0, 0.1) is 0 Å². The Bertz CT molecular complexity index is 360. The van der Waals surface area contributed by atoms with Gasteiger partial charge >= 0.3 is 5.97 Å². The maximum absolute atomic E-state index is 11.2. The van der Waals surface area contributed by atoms with Crippen LogP contribution in [0.15, 0.2) is 18.2 Å². The maximum atomic E-state index is 11.2. The standard InChI is InChI=1S/C12H14Cl2O3/c1-2-3-4-16-12(15)8-17-11-6-9(13)5-10(14)7-11/h5-7H,2-4,8H2,1H3. The molecule has 0 aliphatic rings. The predicted molar refractivity (Wildman–Crippen MR) is 67.8 cm³/mol. The van der Waals surface area contributed by atoms with E-state index in [1.54, 1.807) is 18.2 Å². The number of hydrogen-bond acceptors (Lipinski definition) is 3. The molecular formula is C12H14Cl2O3. The van der Waals surface area contributed by atoms with Gasteiger partial charge in [-0.3, -0.25) is 0 Å². The third-order valence-corrected chi connectivity index (χ3v) is 2.39. The summed E-state index contributed by atoms with van der Waals surface area (Å²) in [5, 5.41) is 0.929. The lowest BCUT2D eigenvalue weighted by atomic mass is 10.3. The Kier molecular flexibility index (Phi) is 6.16. The highest BCUT2D eigenvalue weighted by atomic mass is 35.5. The molecule has 3 nitrogen and oxygen atoms in total. The zero-order valence-corrected chi connectivity index (χ0v) is 11.1. The Morgan fingerprint density at radius 3 is 2.47 bits per heavy atom. The Morgan fingerprint density at radius 2 is 1.88 bits per heavy atom. The zero-order valence-electron chi connectivity index (χ0n) is 9.54. The molecular weight excluding hydrogens is 263 g/mol. The van der Waals surface area contributed by atoms with Crippen molar-refractivity contribution in [3.05, 3.63) is 28.2 Å². The molecule has 0 amide bonds. The Balaban J connectivity index is 2.36. The highest BCUT2D eigenvalue weighted by molar-refractivity contribution is 6.34. The van der Waals surface area contributed by atoms with Crippen molar-refractivity contribution in [1.82, 2.24) is 0 Å². The molecule has 0 aromatic heterocycles. The van der Waals surface area contributed by atoms with Crippen molar-refractivity contribution >= 4 is 29.2 Å². The summed E-state index contributed by atoms with van der Waals surface area (Å²) in [5.74, 6) is 0.0597. The van der Waals surface area contributed by atoms with Crippen molar-refractivity contribution in [3.63, 3.8) is 0 Å². The molecule has 0 atom stereocenters. The molecule has 0 heterocycles. The predicted octanol–water partition coefficient (Wildman–Crippen LogP) is 3.72. The number of benzene rings is 1. The van der Waals surface area contributed by atoms with Gasteiger partial charge in [-0.05, 0) is 24.6 Å². The van der Waals surface area contributed by atoms with E-state index in [1.807, 2.05) is 6.92 Å². The van der Waals surface area contributed by atoms with Gasteiger partial charge in [0.25, 0.3) is 0 Å². The lowest BCUT2D eigenvalue weighted by molar-refractivity contribution is -0.146. The van der Waals surface area contributed by atoms with E-state index in [0.29, 0.717) is 22.4 Å². The van der Waals surface area contributed by atoms with Crippen molar-refractivity contribution < 1.29 is 14.3 Å². The molecule has 1 rings (SSSR count). The first kappa shape index (κ1) is 14.1. The number of ether oxygens (including phenoxy) is 2. The van der Waals surface area contributed by atoms with E-state index >= 15 is 0 Å². The average molecular weight is 277 g/mol. The summed E-state index contributed by atoms with van der Waals surface area (Å²) in [6, 6.07) is 4.77. The molecule has 0 N–H and O–H groups in total. The second-order valence-corrected chi connectivity index (χ2v) is 4.34. The molecule has 0 fully saturated rings. The molecule has 0 saturated carbocycles. The van der Waals surface area contributed by atoms with Crippen LogP contribution >= 0.6 is 23.2 Å². The van der Waals surface area contributed by atoms with Gasteiger partial charge < -0.3 is 9.47 Å². The van der Waals surface area contributed by atoms with Gasteiger partial charge in [-0.15, -0.1) is 0 Å². The summed E-state index contributed by atoms with van der Waals surface area (Å²) < 4.78 is 10.2. The number of hydrogen-bond donors (Lipinski definition) is 0. The molecule has 94 valence electrons. The number of esters is 1. The maximum Gasteiger partial charge on any atom is 0.344 e. The van der Waals surface area contributed by atoms with Gasteiger partial charge in [0.15, 0.2) is 6.61 Å². The summed E-state index contributed by atoms with van der Waals surface area (Å²) >= 11 is 11.6. The number of carbonyl (C=O) groups excluding carboxylic acids is 1. The SMILES string of the molecule is CCCCOC(=O)COc1cc(Cl)cc(Cl)c1. The fourth-order valence-electron chi connectivity index (χ4n) is 1.13. The Labute approximate surface area is 111 Å². The van der Waals surface area contributed by atoms with Crippen molar-refractivity contribution in [2.24, 2.45) is 0 Å². The molecule has 0 spiro atoms. The van der Waals surface area contributed by atoms with Gasteiger partial charge in [-0.25, -0.2) is 4.79 Å². The monoisotopic (exact) mass is 276 g/mol. The van der Waals surface area contributed by atoms with Crippen LogP contribution in [0.25, 0.3) is 0 Å². The average Bonchev–Trinajstić information content (AvgIpc) is 2.25. The molecule has 0 radical (unpaired) electrons. The lowest BCUT2D eigenvalue weighted by Crippen LogP contribution is -2.15. The van der Waals surface area contributed by atoms with E-state index in [1.165, 1.54) is 0 Å². The van der Waals surface area contributed by atoms with Crippen molar-refractivity contribution in [2.75, 3.05) is 13.2 Å². The molecule has 0 saturated heterocycles. The first-order chi connectivity index (χ1) is 8.11. The molecule has 5 heteroatoms. The van der Waals surface area contributed by atoms with Crippen LogP contribution in [-0.4, -0.2) is 19.2 Å². The Morgan fingerprint density at radius 1 is 1.24 bits per heavy atom. The van der Waals surface area contributed by atoms with Crippen molar-refractivity contribution in [3.8, 4) is 5.75 Å². The first-order valence-electron chi connectivity index (χ1n) is 5.36. The number of unbranched alkanes of at least 4 members (excludes halogenated alkanes) is 1. The van der Waals surface area contributed by atoms with E-state index in [0.717, 1.165) is 12.8 Å². The molecule has 0 unspecified atom stereocenters. The fourth-order valence-corrected chi connectivity index (χ4v) is 1.63. The lowest BCUT2D eigenvalue weighted by Gasteiger charge is -2.07. The molecule has 0 aliphatic carbocycles. The van der Waals surface area contributed by atoms with Crippen LogP contribution in [0.4, 0.5) is 0 Å². The number of carbonyl (C=O) groups is 1. The van der Waals surface area contributed by atoms with E-state index in [2.05, 4.69) is 0 Å². The normalized spacial score (nSPS) is 10.1. The second kappa shape index (κ2) is 7.41. The van der Waals surface area contributed by atoms with Crippen molar-refractivity contribution in [2.45, 2.75) is 19.8 Å². The van der Waals surface area contributed by atoms with Gasteiger partial charge in [-0.1, -0.05) is 36.5 Å². The van der Waals surface area contributed by atoms with Gasteiger partial charge in [0.1, 0.15) is 5.75 Å². The third kappa shape index (κ3) is 5.80. The molecule has 0 bridgehead atoms. The largest absolute Gasteiger partial charge is 0.482 e. The topological polar surface area (TPSA) is 35.5 Å². The summed E-state index contributed by atoms with van der Waals surface area (Å²) in [6.45, 7) is 2.31. The van der Waals surface area contributed by atoms with E-state index in [4.69, 9.17) is 32.7 Å². The second-order valence-electron chi connectivity index (χ2n) is 3.47. The van der Waals surface area contributed by atoms with Crippen LogP contribution in [-0.2, 0) is 9.53 Å². The molecule has 0 aliphatic heterocycles. The van der Waals surface area contributed by atoms with E-state index in [-0.39, 0.29) is 6.61 Å². The van der Waals surface area contributed by atoms with Gasteiger partial charge in [0.05, 0.1) is 6.61 Å². The number of halogens is 2. The van der Waals surface area contributed by atoms with Crippen LogP contribution in [0.3, 0.4) is 0 Å². The summed E-state index contributed by atoms with van der Waals surface area (Å²) in [7, 11) is 0. The minimum atomic E-state index is -0.394. The smallest absolute Gasteiger partial charge is 0.344 e. The first-order valence-corrected chi connectivity index (χ1v) is 6.12. The van der Waals surface area contributed by atoms with Crippen LogP contribution in [0.1, 0.15) is 19.8 Å². The minimum Gasteiger partial charge on any atom is -0.482 e. The van der Waals surface area contributed by atoms with Gasteiger partial charge in [0, 0.05) is 10.0 Å².